The normalized spacial score (nSPS) is 13.9. The first-order valence-corrected chi connectivity index (χ1v) is 11.2. The number of nitrogens with zero attached hydrogens (tertiary/aromatic N) is 4. The quantitative estimate of drug-likeness (QED) is 0.434. The van der Waals surface area contributed by atoms with E-state index in [-0.39, 0.29) is 0 Å². The van der Waals surface area contributed by atoms with E-state index in [4.69, 9.17) is 44.6 Å². The van der Waals surface area contributed by atoms with Crippen LogP contribution in [-0.2, 0) is 19.5 Å². The van der Waals surface area contributed by atoms with Crippen LogP contribution in [0.5, 0.6) is 5.88 Å². The number of fused-ring (bicyclic) bond motifs is 1. The van der Waals surface area contributed by atoms with Crippen molar-refractivity contribution in [3.63, 3.8) is 0 Å². The van der Waals surface area contributed by atoms with Crippen molar-refractivity contribution in [2.75, 3.05) is 25.6 Å². The van der Waals surface area contributed by atoms with Gasteiger partial charge in [-0.1, -0.05) is 59.1 Å². The van der Waals surface area contributed by atoms with Gasteiger partial charge in [0.2, 0.25) is 5.88 Å². The van der Waals surface area contributed by atoms with Crippen LogP contribution in [0.4, 0.5) is 5.82 Å². The van der Waals surface area contributed by atoms with Crippen molar-refractivity contribution in [3.05, 3.63) is 74.7 Å². The number of aromatic nitrogens is 2. The first-order chi connectivity index (χ1) is 14.9. The standard InChI is InChI=1S/C23H24Cl3N4O/c1-4-31-22-18(14-29-10-9-15-7-5-6-8-16(15)13-29)23(28(2)3)30(27-22)21-19(25)11-17(24)12-20(21)26/h5-8,10-12H,4,9,13-14H2,1-3H3. The highest BCUT2D eigenvalue weighted by atomic mass is 35.5. The first-order valence-electron chi connectivity index (χ1n) is 10.1. The second-order valence-electron chi connectivity index (χ2n) is 7.62. The van der Waals surface area contributed by atoms with Gasteiger partial charge in [0.05, 0.1) is 22.2 Å². The van der Waals surface area contributed by atoms with E-state index in [9.17, 15) is 0 Å². The SMILES string of the molecule is CCOc1nn(-c2c(Cl)cc(Cl)cc2Cl)c(N(C)C)c1CN1[CH]Cc2ccccc2C1. The summed E-state index contributed by atoms with van der Waals surface area (Å²) in [5, 5.41) is 6.08. The van der Waals surface area contributed by atoms with E-state index in [0.29, 0.717) is 39.8 Å². The molecule has 0 fully saturated rings. The van der Waals surface area contributed by atoms with E-state index >= 15 is 0 Å². The Bertz CT molecular complexity index is 1070. The maximum absolute atomic E-state index is 6.53. The predicted molar refractivity (Wildman–Crippen MR) is 128 cm³/mol. The van der Waals surface area contributed by atoms with Gasteiger partial charge >= 0.3 is 0 Å². The molecule has 1 aromatic heterocycles. The van der Waals surface area contributed by atoms with Crippen LogP contribution in [0.2, 0.25) is 15.1 Å². The fraction of sp³-hybridized carbons (Fsp3) is 0.304. The molecular formula is C23H24Cl3N4O. The minimum atomic E-state index is 0.427. The Labute approximate surface area is 198 Å². The molecule has 5 nitrogen and oxygen atoms in total. The average Bonchev–Trinajstić information content (AvgIpc) is 3.05. The van der Waals surface area contributed by atoms with E-state index in [0.717, 1.165) is 24.3 Å². The Hall–Kier alpha value is -1.92. The first kappa shape index (κ1) is 22.3. The number of hydrogen-bond acceptors (Lipinski definition) is 4. The summed E-state index contributed by atoms with van der Waals surface area (Å²) in [5.41, 5.74) is 4.26. The molecule has 0 aliphatic carbocycles. The van der Waals surface area contributed by atoms with Crippen molar-refractivity contribution < 1.29 is 4.74 Å². The average molecular weight is 479 g/mol. The monoisotopic (exact) mass is 477 g/mol. The van der Waals surface area contributed by atoms with Crippen LogP contribution in [-0.4, -0.2) is 35.4 Å². The van der Waals surface area contributed by atoms with Crippen molar-refractivity contribution in [2.45, 2.75) is 26.4 Å². The van der Waals surface area contributed by atoms with E-state index in [2.05, 4.69) is 35.7 Å². The zero-order valence-corrected chi connectivity index (χ0v) is 20.0. The lowest BCUT2D eigenvalue weighted by molar-refractivity contribution is 0.282. The lowest BCUT2D eigenvalue weighted by atomic mass is 9.99. The van der Waals surface area contributed by atoms with Gasteiger partial charge in [-0.2, -0.15) is 0 Å². The number of anilines is 1. The summed E-state index contributed by atoms with van der Waals surface area (Å²) in [6.45, 7) is 6.18. The molecule has 0 amide bonds. The van der Waals surface area contributed by atoms with Crippen LogP contribution >= 0.6 is 34.8 Å². The van der Waals surface area contributed by atoms with Gasteiger partial charge < -0.3 is 9.64 Å². The van der Waals surface area contributed by atoms with Gasteiger partial charge in [0.1, 0.15) is 11.5 Å². The molecule has 0 unspecified atom stereocenters. The maximum atomic E-state index is 6.53. The topological polar surface area (TPSA) is 33.5 Å². The second kappa shape index (κ2) is 9.29. The molecule has 2 heterocycles. The van der Waals surface area contributed by atoms with Crippen molar-refractivity contribution in [1.29, 1.82) is 0 Å². The minimum Gasteiger partial charge on any atom is -0.477 e. The van der Waals surface area contributed by atoms with Gasteiger partial charge in [-0.3, -0.25) is 4.90 Å². The van der Waals surface area contributed by atoms with Gasteiger partial charge in [-0.15, -0.1) is 5.10 Å². The molecule has 2 aromatic carbocycles. The summed E-state index contributed by atoms with van der Waals surface area (Å²) in [7, 11) is 3.94. The number of benzene rings is 2. The third-order valence-corrected chi connectivity index (χ3v) is 6.03. The summed E-state index contributed by atoms with van der Waals surface area (Å²) in [4.78, 5) is 4.30. The second-order valence-corrected chi connectivity index (χ2v) is 8.88. The predicted octanol–water partition coefficient (Wildman–Crippen LogP) is 6.02. The van der Waals surface area contributed by atoms with Crippen LogP contribution in [0.15, 0.2) is 36.4 Å². The number of rotatable bonds is 6. The lowest BCUT2D eigenvalue weighted by Crippen LogP contribution is -2.27. The number of halogens is 3. The van der Waals surface area contributed by atoms with Crippen LogP contribution < -0.4 is 9.64 Å². The van der Waals surface area contributed by atoms with E-state index < -0.39 is 0 Å². The van der Waals surface area contributed by atoms with Crippen LogP contribution in [0, 0.1) is 6.54 Å². The molecule has 3 aromatic rings. The third-order valence-electron chi connectivity index (χ3n) is 5.24. The van der Waals surface area contributed by atoms with Crippen LogP contribution in [0.1, 0.15) is 23.6 Å². The molecule has 0 atom stereocenters. The van der Waals surface area contributed by atoms with E-state index in [1.165, 1.54) is 11.1 Å². The Morgan fingerprint density at radius 3 is 2.39 bits per heavy atom. The van der Waals surface area contributed by atoms with Gasteiger partial charge in [-0.05, 0) is 36.6 Å². The highest BCUT2D eigenvalue weighted by molar-refractivity contribution is 6.40. The Kier molecular flexibility index (Phi) is 6.68. The van der Waals surface area contributed by atoms with Crippen molar-refractivity contribution in [1.82, 2.24) is 14.7 Å². The minimum absolute atomic E-state index is 0.427. The molecule has 0 bridgehead atoms. The molecule has 8 heteroatoms. The summed E-state index contributed by atoms with van der Waals surface area (Å²) >= 11 is 19.2. The van der Waals surface area contributed by atoms with E-state index in [1.807, 2.05) is 25.9 Å². The zero-order chi connectivity index (χ0) is 22.1. The maximum Gasteiger partial charge on any atom is 0.240 e. The summed E-state index contributed by atoms with van der Waals surface area (Å²) in [6.07, 6.45) is 0.903. The third kappa shape index (κ3) is 4.51. The lowest BCUT2D eigenvalue weighted by Gasteiger charge is -2.29. The molecule has 4 rings (SSSR count). The molecule has 1 aliphatic heterocycles. The molecule has 0 saturated heterocycles. The summed E-state index contributed by atoms with van der Waals surface area (Å²) < 4.78 is 7.68. The molecule has 0 saturated carbocycles. The van der Waals surface area contributed by atoms with Crippen LogP contribution in [0.25, 0.3) is 5.69 Å². The number of hydrogen-bond donors (Lipinski definition) is 0. The smallest absolute Gasteiger partial charge is 0.240 e. The van der Waals surface area contributed by atoms with Crippen molar-refractivity contribution >= 4 is 40.6 Å². The van der Waals surface area contributed by atoms with E-state index in [1.54, 1.807) is 16.8 Å². The largest absolute Gasteiger partial charge is 0.477 e. The Balaban J connectivity index is 1.77. The van der Waals surface area contributed by atoms with Crippen LogP contribution in [0.3, 0.4) is 0 Å². The summed E-state index contributed by atoms with van der Waals surface area (Å²) in [5.74, 6) is 1.43. The summed E-state index contributed by atoms with van der Waals surface area (Å²) in [6, 6.07) is 11.9. The fourth-order valence-corrected chi connectivity index (χ4v) is 4.89. The van der Waals surface area contributed by atoms with Gasteiger partial charge in [0.25, 0.3) is 0 Å². The Morgan fingerprint density at radius 2 is 1.74 bits per heavy atom. The molecule has 1 aliphatic rings. The molecule has 31 heavy (non-hydrogen) atoms. The molecule has 0 spiro atoms. The molecule has 163 valence electrons. The van der Waals surface area contributed by atoms with Crippen molar-refractivity contribution in [2.24, 2.45) is 0 Å². The zero-order valence-electron chi connectivity index (χ0n) is 17.7. The Morgan fingerprint density at radius 1 is 1.06 bits per heavy atom. The highest BCUT2D eigenvalue weighted by Crippen LogP contribution is 2.39. The number of ether oxygens (including phenoxy) is 1. The van der Waals surface area contributed by atoms with Gasteiger partial charge in [0.15, 0.2) is 0 Å². The van der Waals surface area contributed by atoms with Gasteiger partial charge in [-0.25, -0.2) is 4.68 Å². The highest BCUT2D eigenvalue weighted by Gasteiger charge is 2.27. The van der Waals surface area contributed by atoms with Gasteiger partial charge in [0, 0.05) is 38.8 Å². The molecule has 1 radical (unpaired) electrons. The fourth-order valence-electron chi connectivity index (χ4n) is 3.91. The van der Waals surface area contributed by atoms with Crippen molar-refractivity contribution in [3.8, 4) is 11.6 Å². The molecule has 0 N–H and O–H groups in total. The molecular weight excluding hydrogens is 455 g/mol.